The Bertz CT molecular complexity index is 107. The van der Waals surface area contributed by atoms with Crippen LogP contribution in [0.5, 0.6) is 0 Å². The van der Waals surface area contributed by atoms with Gasteiger partial charge in [0.2, 0.25) is 0 Å². The van der Waals surface area contributed by atoms with Gasteiger partial charge >= 0.3 is 0 Å². The van der Waals surface area contributed by atoms with Gasteiger partial charge in [0.05, 0.1) is 0 Å². The minimum atomic E-state index is 0.561. The zero-order chi connectivity index (χ0) is 6.27. The Morgan fingerprint density at radius 2 is 1.89 bits per heavy atom. The highest BCUT2D eigenvalue weighted by molar-refractivity contribution is 8.00. The fourth-order valence-electron chi connectivity index (χ4n) is 1.34. The second-order valence-electron chi connectivity index (χ2n) is 3.21. The van der Waals surface area contributed by atoms with Crippen LogP contribution < -0.4 is 5.73 Å². The van der Waals surface area contributed by atoms with Crippen molar-refractivity contribution in [1.82, 2.24) is 0 Å². The van der Waals surface area contributed by atoms with Crippen LogP contribution in [-0.4, -0.2) is 17.5 Å². The van der Waals surface area contributed by atoms with E-state index in [2.05, 4.69) is 0 Å². The average Bonchev–Trinajstić information content (AvgIpc) is 2.37. The van der Waals surface area contributed by atoms with Crippen LogP contribution in [-0.2, 0) is 0 Å². The third-order valence-electron chi connectivity index (χ3n) is 2.37. The molecule has 0 radical (unpaired) electrons. The van der Waals surface area contributed by atoms with E-state index in [1.54, 1.807) is 0 Å². The monoisotopic (exact) mass is 143 g/mol. The van der Waals surface area contributed by atoms with Crippen molar-refractivity contribution >= 4 is 11.8 Å². The highest BCUT2D eigenvalue weighted by atomic mass is 32.2. The average molecular weight is 143 g/mol. The van der Waals surface area contributed by atoms with E-state index in [0.29, 0.717) is 6.04 Å². The summed E-state index contributed by atoms with van der Waals surface area (Å²) in [6, 6.07) is 0.561. The molecule has 1 aliphatic carbocycles. The molecule has 1 nitrogen and oxygen atoms in total. The molecule has 0 spiro atoms. The van der Waals surface area contributed by atoms with Crippen molar-refractivity contribution in [2.45, 2.75) is 18.9 Å². The van der Waals surface area contributed by atoms with Gasteiger partial charge in [-0.05, 0) is 36.2 Å². The van der Waals surface area contributed by atoms with E-state index < -0.39 is 0 Å². The van der Waals surface area contributed by atoms with E-state index in [9.17, 15) is 0 Å². The first-order valence-electron chi connectivity index (χ1n) is 3.71. The molecule has 2 N–H and O–H groups in total. The van der Waals surface area contributed by atoms with Gasteiger partial charge in [0.1, 0.15) is 0 Å². The number of hydrogen-bond acceptors (Lipinski definition) is 2. The van der Waals surface area contributed by atoms with Gasteiger partial charge < -0.3 is 5.73 Å². The van der Waals surface area contributed by atoms with Crippen LogP contribution in [0, 0.1) is 11.8 Å². The van der Waals surface area contributed by atoms with Gasteiger partial charge in [0.15, 0.2) is 0 Å². The lowest BCUT2D eigenvalue weighted by Crippen LogP contribution is -2.39. The van der Waals surface area contributed by atoms with Crippen LogP contribution in [0.25, 0.3) is 0 Å². The molecule has 1 saturated heterocycles. The van der Waals surface area contributed by atoms with Crippen molar-refractivity contribution < 1.29 is 0 Å². The van der Waals surface area contributed by atoms with E-state index in [1.807, 2.05) is 11.8 Å². The van der Waals surface area contributed by atoms with Gasteiger partial charge in [-0.15, -0.1) is 0 Å². The van der Waals surface area contributed by atoms with Gasteiger partial charge in [0, 0.05) is 6.04 Å². The molecule has 1 saturated carbocycles. The standard InChI is InChI=1S/C7H13NS/c8-7(5-1-2-5)6-3-9-4-6/h5-7H,1-4,8H2. The SMILES string of the molecule is NC(C1CC1)C1CSC1. The molecule has 2 heteroatoms. The van der Waals surface area contributed by atoms with Crippen molar-refractivity contribution in [2.75, 3.05) is 11.5 Å². The van der Waals surface area contributed by atoms with Crippen LogP contribution in [0.15, 0.2) is 0 Å². The van der Waals surface area contributed by atoms with Crippen LogP contribution in [0.4, 0.5) is 0 Å². The van der Waals surface area contributed by atoms with E-state index >= 15 is 0 Å². The molecule has 0 amide bonds. The number of rotatable bonds is 2. The van der Waals surface area contributed by atoms with E-state index in [1.165, 1.54) is 24.3 Å². The molecule has 1 atom stereocenters. The lowest BCUT2D eigenvalue weighted by Gasteiger charge is -2.30. The quantitative estimate of drug-likeness (QED) is 0.626. The molecule has 52 valence electrons. The van der Waals surface area contributed by atoms with Crippen molar-refractivity contribution in [3.8, 4) is 0 Å². The van der Waals surface area contributed by atoms with Gasteiger partial charge in [-0.3, -0.25) is 0 Å². The highest BCUT2D eigenvalue weighted by Crippen LogP contribution is 2.39. The van der Waals surface area contributed by atoms with Crippen LogP contribution in [0.1, 0.15) is 12.8 Å². The smallest absolute Gasteiger partial charge is 0.0111 e. The first kappa shape index (κ1) is 6.05. The Kier molecular flexibility index (Phi) is 1.46. The maximum atomic E-state index is 5.97. The molecule has 2 rings (SSSR count). The summed E-state index contributed by atoms with van der Waals surface area (Å²) in [5.41, 5.74) is 5.97. The third kappa shape index (κ3) is 1.10. The van der Waals surface area contributed by atoms with Crippen molar-refractivity contribution in [2.24, 2.45) is 17.6 Å². The molecule has 1 heterocycles. The molecule has 0 aromatic rings. The van der Waals surface area contributed by atoms with Crippen molar-refractivity contribution in [3.05, 3.63) is 0 Å². The predicted molar refractivity (Wildman–Crippen MR) is 41.5 cm³/mol. The molecule has 0 aromatic carbocycles. The van der Waals surface area contributed by atoms with Crippen LogP contribution >= 0.6 is 11.8 Å². The molecule has 0 bridgehead atoms. The van der Waals surface area contributed by atoms with E-state index in [4.69, 9.17) is 5.73 Å². The topological polar surface area (TPSA) is 26.0 Å². The predicted octanol–water partition coefficient (Wildman–Crippen LogP) is 1.09. The summed E-state index contributed by atoms with van der Waals surface area (Å²) in [6.45, 7) is 0. The van der Waals surface area contributed by atoms with Crippen molar-refractivity contribution in [3.63, 3.8) is 0 Å². The second kappa shape index (κ2) is 2.17. The van der Waals surface area contributed by atoms with Crippen LogP contribution in [0.3, 0.4) is 0 Å². The fraction of sp³-hybridized carbons (Fsp3) is 1.00. The first-order valence-corrected chi connectivity index (χ1v) is 4.87. The normalized spacial score (nSPS) is 31.7. The second-order valence-corrected chi connectivity index (χ2v) is 4.29. The summed E-state index contributed by atoms with van der Waals surface area (Å²) in [6.07, 6.45) is 2.81. The maximum Gasteiger partial charge on any atom is 0.0111 e. The van der Waals surface area contributed by atoms with E-state index in [0.717, 1.165) is 11.8 Å². The Morgan fingerprint density at radius 3 is 2.22 bits per heavy atom. The molecule has 1 aliphatic heterocycles. The Balaban J connectivity index is 1.81. The summed E-state index contributed by atoms with van der Waals surface area (Å²) >= 11 is 2.04. The number of thioether (sulfide) groups is 1. The lowest BCUT2D eigenvalue weighted by atomic mass is 10.00. The summed E-state index contributed by atoms with van der Waals surface area (Å²) in [5.74, 6) is 4.45. The van der Waals surface area contributed by atoms with Gasteiger partial charge in [-0.25, -0.2) is 0 Å². The molecule has 0 aromatic heterocycles. The minimum absolute atomic E-state index is 0.561. The van der Waals surface area contributed by atoms with Crippen molar-refractivity contribution in [1.29, 1.82) is 0 Å². The zero-order valence-corrected chi connectivity index (χ0v) is 6.36. The van der Waals surface area contributed by atoms with E-state index in [-0.39, 0.29) is 0 Å². The minimum Gasteiger partial charge on any atom is -0.327 e. The maximum absolute atomic E-state index is 5.97. The molecular weight excluding hydrogens is 130 g/mol. The van der Waals surface area contributed by atoms with Gasteiger partial charge in [-0.1, -0.05) is 0 Å². The molecular formula is C7H13NS. The Hall–Kier alpha value is 0.310. The van der Waals surface area contributed by atoms with Crippen LogP contribution in [0.2, 0.25) is 0 Å². The molecule has 2 fully saturated rings. The summed E-state index contributed by atoms with van der Waals surface area (Å²) in [5, 5.41) is 0. The summed E-state index contributed by atoms with van der Waals surface area (Å²) in [4.78, 5) is 0. The molecule has 1 unspecified atom stereocenters. The lowest BCUT2D eigenvalue weighted by molar-refractivity contribution is 0.443. The highest BCUT2D eigenvalue weighted by Gasteiger charge is 2.36. The Morgan fingerprint density at radius 1 is 1.22 bits per heavy atom. The Labute approximate surface area is 60.4 Å². The summed E-state index contributed by atoms with van der Waals surface area (Å²) < 4.78 is 0. The number of hydrogen-bond donors (Lipinski definition) is 1. The number of nitrogens with two attached hydrogens (primary N) is 1. The molecule has 9 heavy (non-hydrogen) atoms. The largest absolute Gasteiger partial charge is 0.327 e. The summed E-state index contributed by atoms with van der Waals surface area (Å²) in [7, 11) is 0. The molecule has 2 aliphatic rings. The van der Waals surface area contributed by atoms with Gasteiger partial charge in [-0.2, -0.15) is 11.8 Å². The van der Waals surface area contributed by atoms with Gasteiger partial charge in [0.25, 0.3) is 0 Å². The first-order chi connectivity index (χ1) is 4.38. The third-order valence-corrected chi connectivity index (χ3v) is 3.70. The zero-order valence-electron chi connectivity index (χ0n) is 5.55. The fourth-order valence-corrected chi connectivity index (χ4v) is 2.29.